The Hall–Kier alpha value is -0.900. The van der Waals surface area contributed by atoms with Gasteiger partial charge in [0.1, 0.15) is 0 Å². The van der Waals surface area contributed by atoms with Crippen LogP contribution in [0.3, 0.4) is 0 Å². The average Bonchev–Trinajstić information content (AvgIpc) is 2.59. The average molecular weight is 276 g/mol. The third kappa shape index (κ3) is 4.89. The zero-order valence-electron chi connectivity index (χ0n) is 13.0. The third-order valence-electron chi connectivity index (χ3n) is 3.85. The minimum Gasteiger partial charge on any atom is -0.390 e. The summed E-state index contributed by atoms with van der Waals surface area (Å²) < 4.78 is 0. The van der Waals surface area contributed by atoms with Crippen LogP contribution < -0.4 is 5.32 Å². The Kier molecular flexibility index (Phi) is 5.19. The molecule has 0 aliphatic carbocycles. The largest absolute Gasteiger partial charge is 0.390 e. The molecule has 1 aromatic rings. The number of nitrogens with one attached hydrogen (secondary N) is 1. The lowest BCUT2D eigenvalue weighted by Crippen LogP contribution is -2.45. The first-order valence-corrected chi connectivity index (χ1v) is 7.66. The fourth-order valence-electron chi connectivity index (χ4n) is 2.68. The normalized spacial score (nSPS) is 18.4. The second-order valence-corrected chi connectivity index (χ2v) is 6.85. The molecule has 1 aromatic carbocycles. The molecule has 1 atom stereocenters. The minimum absolute atomic E-state index is 0.0655. The monoisotopic (exact) mass is 276 g/mol. The summed E-state index contributed by atoms with van der Waals surface area (Å²) in [5.41, 5.74) is 3.00. The van der Waals surface area contributed by atoms with E-state index in [1.165, 1.54) is 11.1 Å². The molecule has 1 heterocycles. The van der Waals surface area contributed by atoms with Gasteiger partial charge in [-0.3, -0.25) is 0 Å². The predicted molar refractivity (Wildman–Crippen MR) is 84.1 cm³/mol. The van der Waals surface area contributed by atoms with Gasteiger partial charge >= 0.3 is 0 Å². The fraction of sp³-hybridized carbons (Fsp3) is 0.647. The van der Waals surface area contributed by atoms with E-state index in [1.807, 2.05) is 0 Å². The van der Waals surface area contributed by atoms with E-state index in [0.29, 0.717) is 6.54 Å². The van der Waals surface area contributed by atoms with Crippen molar-refractivity contribution in [2.75, 3.05) is 26.2 Å². The summed E-state index contributed by atoms with van der Waals surface area (Å²) >= 11 is 0. The molecule has 1 aliphatic heterocycles. The van der Waals surface area contributed by atoms with Gasteiger partial charge in [0.2, 0.25) is 0 Å². The highest BCUT2D eigenvalue weighted by molar-refractivity contribution is 5.28. The maximum Gasteiger partial charge on any atom is 0.0791 e. The van der Waals surface area contributed by atoms with E-state index in [2.05, 4.69) is 55.3 Å². The molecule has 3 heteroatoms. The SMILES string of the molecule is CC(C)(C)NCC(O)CN1CCc2ccccc2CC1. The molecular weight excluding hydrogens is 248 g/mol. The maximum absolute atomic E-state index is 10.2. The molecule has 0 aromatic heterocycles. The Labute approximate surface area is 123 Å². The number of nitrogens with zero attached hydrogens (tertiary/aromatic N) is 1. The number of rotatable bonds is 4. The predicted octanol–water partition coefficient (Wildman–Crippen LogP) is 1.84. The van der Waals surface area contributed by atoms with Gasteiger partial charge in [-0.05, 0) is 44.7 Å². The Balaban J connectivity index is 1.81. The van der Waals surface area contributed by atoms with E-state index in [1.54, 1.807) is 0 Å². The Morgan fingerprint density at radius 2 is 1.70 bits per heavy atom. The van der Waals surface area contributed by atoms with Crippen molar-refractivity contribution in [1.82, 2.24) is 10.2 Å². The van der Waals surface area contributed by atoms with Crippen LogP contribution in [0.1, 0.15) is 31.9 Å². The summed E-state index contributed by atoms with van der Waals surface area (Å²) in [5.74, 6) is 0. The highest BCUT2D eigenvalue weighted by Gasteiger charge is 2.18. The van der Waals surface area contributed by atoms with Gasteiger partial charge < -0.3 is 15.3 Å². The van der Waals surface area contributed by atoms with E-state index in [4.69, 9.17) is 0 Å². The van der Waals surface area contributed by atoms with Crippen molar-refractivity contribution in [3.63, 3.8) is 0 Å². The summed E-state index contributed by atoms with van der Waals surface area (Å²) in [6, 6.07) is 8.71. The van der Waals surface area contributed by atoms with Crippen LogP contribution in [-0.2, 0) is 12.8 Å². The van der Waals surface area contributed by atoms with E-state index >= 15 is 0 Å². The van der Waals surface area contributed by atoms with E-state index in [9.17, 15) is 5.11 Å². The maximum atomic E-state index is 10.2. The molecule has 112 valence electrons. The molecule has 0 radical (unpaired) electrons. The number of benzene rings is 1. The number of hydrogen-bond donors (Lipinski definition) is 2. The van der Waals surface area contributed by atoms with Crippen LogP contribution in [0.4, 0.5) is 0 Å². The second kappa shape index (κ2) is 6.70. The van der Waals surface area contributed by atoms with Crippen LogP contribution in [0.5, 0.6) is 0 Å². The fourth-order valence-corrected chi connectivity index (χ4v) is 2.68. The Morgan fingerprint density at radius 3 is 2.20 bits per heavy atom. The molecule has 3 nitrogen and oxygen atoms in total. The summed E-state index contributed by atoms with van der Waals surface area (Å²) in [7, 11) is 0. The first kappa shape index (κ1) is 15.5. The lowest BCUT2D eigenvalue weighted by Gasteiger charge is -2.27. The molecule has 2 N–H and O–H groups in total. The van der Waals surface area contributed by atoms with Crippen molar-refractivity contribution in [1.29, 1.82) is 0 Å². The zero-order valence-corrected chi connectivity index (χ0v) is 13.0. The summed E-state index contributed by atoms with van der Waals surface area (Å²) in [6.07, 6.45) is 1.89. The smallest absolute Gasteiger partial charge is 0.0791 e. The number of aliphatic hydroxyl groups excluding tert-OH is 1. The molecule has 0 saturated heterocycles. The number of hydrogen-bond acceptors (Lipinski definition) is 3. The summed E-state index contributed by atoms with van der Waals surface area (Å²) in [6.45, 7) is 9.89. The van der Waals surface area contributed by atoms with Gasteiger partial charge in [-0.2, -0.15) is 0 Å². The van der Waals surface area contributed by atoms with Crippen molar-refractivity contribution < 1.29 is 5.11 Å². The van der Waals surface area contributed by atoms with Gasteiger partial charge in [-0.1, -0.05) is 24.3 Å². The Bertz CT molecular complexity index is 398. The van der Waals surface area contributed by atoms with Gasteiger partial charge in [-0.15, -0.1) is 0 Å². The second-order valence-electron chi connectivity index (χ2n) is 6.85. The van der Waals surface area contributed by atoms with Crippen molar-refractivity contribution in [2.24, 2.45) is 0 Å². The quantitative estimate of drug-likeness (QED) is 0.881. The lowest BCUT2D eigenvalue weighted by atomic mass is 10.0. The molecular formula is C17H28N2O. The van der Waals surface area contributed by atoms with Gasteiger partial charge in [0.25, 0.3) is 0 Å². The molecule has 2 rings (SSSR count). The van der Waals surface area contributed by atoms with Crippen molar-refractivity contribution in [3.05, 3.63) is 35.4 Å². The molecule has 0 bridgehead atoms. The van der Waals surface area contributed by atoms with E-state index in [0.717, 1.165) is 32.5 Å². The van der Waals surface area contributed by atoms with Crippen molar-refractivity contribution in [3.8, 4) is 0 Å². The van der Waals surface area contributed by atoms with Gasteiger partial charge in [0.15, 0.2) is 0 Å². The molecule has 1 unspecified atom stereocenters. The van der Waals surface area contributed by atoms with Gasteiger partial charge in [-0.25, -0.2) is 0 Å². The van der Waals surface area contributed by atoms with Crippen LogP contribution in [0.15, 0.2) is 24.3 Å². The standard InChI is InChI=1S/C17H28N2O/c1-17(2,3)18-12-16(20)13-19-10-8-14-6-4-5-7-15(14)9-11-19/h4-7,16,18,20H,8-13H2,1-3H3. The number of fused-ring (bicyclic) bond motifs is 1. The number of β-amino-alcohol motifs (C(OH)–C–C–N with tert-alkyl or cyclic N) is 1. The Morgan fingerprint density at radius 1 is 1.15 bits per heavy atom. The van der Waals surface area contributed by atoms with Crippen LogP contribution in [0.25, 0.3) is 0 Å². The minimum atomic E-state index is -0.296. The van der Waals surface area contributed by atoms with Crippen LogP contribution in [-0.4, -0.2) is 47.8 Å². The van der Waals surface area contributed by atoms with Crippen LogP contribution in [0, 0.1) is 0 Å². The first-order valence-electron chi connectivity index (χ1n) is 7.66. The van der Waals surface area contributed by atoms with Crippen molar-refractivity contribution >= 4 is 0 Å². The van der Waals surface area contributed by atoms with Crippen molar-refractivity contribution in [2.45, 2.75) is 45.3 Å². The van der Waals surface area contributed by atoms with E-state index < -0.39 is 0 Å². The molecule has 0 spiro atoms. The topological polar surface area (TPSA) is 35.5 Å². The van der Waals surface area contributed by atoms with E-state index in [-0.39, 0.29) is 11.6 Å². The molecule has 0 fully saturated rings. The third-order valence-corrected chi connectivity index (χ3v) is 3.85. The van der Waals surface area contributed by atoms with Gasteiger partial charge in [0, 0.05) is 31.7 Å². The summed E-state index contributed by atoms with van der Waals surface area (Å²) in [5, 5.41) is 13.5. The lowest BCUT2D eigenvalue weighted by molar-refractivity contribution is 0.107. The molecule has 1 aliphatic rings. The molecule has 20 heavy (non-hydrogen) atoms. The summed E-state index contributed by atoms with van der Waals surface area (Å²) in [4.78, 5) is 2.38. The zero-order chi connectivity index (χ0) is 14.6. The van der Waals surface area contributed by atoms with Crippen LogP contribution >= 0.6 is 0 Å². The molecule has 0 saturated carbocycles. The highest BCUT2D eigenvalue weighted by Crippen LogP contribution is 2.15. The highest BCUT2D eigenvalue weighted by atomic mass is 16.3. The van der Waals surface area contributed by atoms with Crippen LogP contribution in [0.2, 0.25) is 0 Å². The molecule has 0 amide bonds. The van der Waals surface area contributed by atoms with Gasteiger partial charge in [0.05, 0.1) is 6.10 Å². The first-order chi connectivity index (χ1) is 9.44. The number of aliphatic hydroxyl groups is 1.